The fraction of sp³-hybridized carbons (Fsp3) is 0.500. The van der Waals surface area contributed by atoms with E-state index in [0.29, 0.717) is 6.04 Å². The quantitative estimate of drug-likeness (QED) is 0.788. The molecule has 1 aromatic heterocycles. The number of thiophene rings is 1. The van der Waals surface area contributed by atoms with Gasteiger partial charge in [0.2, 0.25) is 0 Å². The summed E-state index contributed by atoms with van der Waals surface area (Å²) in [6.45, 7) is 1.83. The third-order valence-electron chi connectivity index (χ3n) is 2.42. The Kier molecular flexibility index (Phi) is 3.16. The molecular formula is C10H14N2OS. The molecule has 1 aliphatic heterocycles. The molecule has 2 rings (SSSR count). The maximum atomic E-state index is 11.5. The minimum absolute atomic E-state index is 0.0497. The summed E-state index contributed by atoms with van der Waals surface area (Å²) >= 11 is 1.48. The van der Waals surface area contributed by atoms with E-state index in [1.165, 1.54) is 24.2 Å². The third kappa shape index (κ3) is 2.33. The van der Waals surface area contributed by atoms with Crippen LogP contribution >= 0.6 is 11.3 Å². The van der Waals surface area contributed by atoms with Crippen molar-refractivity contribution in [3.63, 3.8) is 0 Å². The number of amides is 1. The lowest BCUT2D eigenvalue weighted by Gasteiger charge is -2.10. The van der Waals surface area contributed by atoms with Gasteiger partial charge in [-0.2, -0.15) is 0 Å². The van der Waals surface area contributed by atoms with Crippen LogP contribution in [0.3, 0.4) is 0 Å². The molecule has 3 nitrogen and oxygen atoms in total. The van der Waals surface area contributed by atoms with Gasteiger partial charge in [0.05, 0.1) is 4.88 Å². The van der Waals surface area contributed by atoms with Crippen molar-refractivity contribution in [2.24, 2.45) is 0 Å². The van der Waals surface area contributed by atoms with Crippen molar-refractivity contribution in [3.05, 3.63) is 22.4 Å². The van der Waals surface area contributed by atoms with Crippen LogP contribution in [-0.2, 0) is 0 Å². The molecule has 0 spiro atoms. The van der Waals surface area contributed by atoms with Crippen LogP contribution in [0.2, 0.25) is 0 Å². The van der Waals surface area contributed by atoms with Crippen LogP contribution in [0.5, 0.6) is 0 Å². The third-order valence-corrected chi connectivity index (χ3v) is 3.28. The van der Waals surface area contributed by atoms with Crippen LogP contribution in [0.4, 0.5) is 0 Å². The van der Waals surface area contributed by atoms with Crippen LogP contribution in [0.25, 0.3) is 0 Å². The molecular weight excluding hydrogens is 196 g/mol. The minimum atomic E-state index is 0.0497. The van der Waals surface area contributed by atoms with Gasteiger partial charge >= 0.3 is 0 Å². The lowest BCUT2D eigenvalue weighted by molar-refractivity contribution is 0.0954. The highest BCUT2D eigenvalue weighted by Gasteiger charge is 2.15. The van der Waals surface area contributed by atoms with Crippen molar-refractivity contribution >= 4 is 17.2 Å². The number of carbonyl (C=O) groups excluding carboxylic acids is 1. The lowest BCUT2D eigenvalue weighted by atomic mass is 10.2. The molecule has 4 heteroatoms. The van der Waals surface area contributed by atoms with E-state index in [1.54, 1.807) is 0 Å². The Balaban J connectivity index is 1.78. The van der Waals surface area contributed by atoms with E-state index in [0.717, 1.165) is 18.0 Å². The summed E-state index contributed by atoms with van der Waals surface area (Å²) in [5.41, 5.74) is 0. The molecule has 1 saturated heterocycles. The molecule has 0 aromatic carbocycles. The van der Waals surface area contributed by atoms with Crippen LogP contribution < -0.4 is 10.6 Å². The molecule has 2 heterocycles. The van der Waals surface area contributed by atoms with Crippen molar-refractivity contribution in [1.82, 2.24) is 10.6 Å². The van der Waals surface area contributed by atoms with Gasteiger partial charge in [-0.1, -0.05) is 6.07 Å². The molecule has 0 bridgehead atoms. The Morgan fingerprint density at radius 1 is 1.71 bits per heavy atom. The number of rotatable bonds is 3. The second kappa shape index (κ2) is 4.57. The summed E-state index contributed by atoms with van der Waals surface area (Å²) < 4.78 is 0. The second-order valence-corrected chi connectivity index (χ2v) is 4.43. The van der Waals surface area contributed by atoms with E-state index in [-0.39, 0.29) is 5.91 Å². The first kappa shape index (κ1) is 9.68. The number of hydrogen-bond donors (Lipinski definition) is 2. The zero-order valence-corrected chi connectivity index (χ0v) is 8.77. The van der Waals surface area contributed by atoms with Gasteiger partial charge < -0.3 is 10.6 Å². The predicted octanol–water partition coefficient (Wildman–Crippen LogP) is 1.23. The van der Waals surface area contributed by atoms with Crippen molar-refractivity contribution in [2.75, 3.05) is 13.1 Å². The fourth-order valence-corrected chi connectivity index (χ4v) is 2.28. The molecule has 0 aliphatic carbocycles. The van der Waals surface area contributed by atoms with Crippen molar-refractivity contribution in [1.29, 1.82) is 0 Å². The highest BCUT2D eigenvalue weighted by molar-refractivity contribution is 7.12. The van der Waals surface area contributed by atoms with E-state index in [1.807, 2.05) is 17.5 Å². The Hall–Kier alpha value is -0.870. The largest absolute Gasteiger partial charge is 0.350 e. The van der Waals surface area contributed by atoms with Gasteiger partial charge in [-0.15, -0.1) is 11.3 Å². The van der Waals surface area contributed by atoms with Gasteiger partial charge in [0.25, 0.3) is 5.91 Å². The first-order valence-electron chi connectivity index (χ1n) is 4.91. The molecule has 2 N–H and O–H groups in total. The van der Waals surface area contributed by atoms with E-state index in [4.69, 9.17) is 0 Å². The first-order chi connectivity index (χ1) is 6.86. The van der Waals surface area contributed by atoms with Crippen molar-refractivity contribution in [2.45, 2.75) is 18.9 Å². The maximum absolute atomic E-state index is 11.5. The lowest BCUT2D eigenvalue weighted by Crippen LogP contribution is -2.36. The average molecular weight is 210 g/mol. The number of nitrogens with one attached hydrogen (secondary N) is 2. The summed E-state index contributed by atoms with van der Waals surface area (Å²) in [4.78, 5) is 12.3. The molecule has 0 unspecified atom stereocenters. The Morgan fingerprint density at radius 2 is 2.64 bits per heavy atom. The molecule has 1 aliphatic rings. The van der Waals surface area contributed by atoms with Crippen molar-refractivity contribution < 1.29 is 4.79 Å². The summed E-state index contributed by atoms with van der Waals surface area (Å²) in [7, 11) is 0. The average Bonchev–Trinajstić information content (AvgIpc) is 2.87. The zero-order valence-electron chi connectivity index (χ0n) is 7.95. The van der Waals surface area contributed by atoms with Gasteiger partial charge in [-0.05, 0) is 30.8 Å². The van der Waals surface area contributed by atoms with Gasteiger partial charge in [0, 0.05) is 12.6 Å². The number of carbonyl (C=O) groups is 1. The van der Waals surface area contributed by atoms with Gasteiger partial charge in [-0.3, -0.25) is 4.79 Å². The Labute approximate surface area is 87.5 Å². The Morgan fingerprint density at radius 3 is 3.29 bits per heavy atom. The SMILES string of the molecule is O=C(NC[C@@H]1CCCN1)c1cccs1. The molecule has 1 fully saturated rings. The topological polar surface area (TPSA) is 41.1 Å². The van der Waals surface area contributed by atoms with Crippen LogP contribution in [0.1, 0.15) is 22.5 Å². The first-order valence-corrected chi connectivity index (χ1v) is 5.79. The summed E-state index contributed by atoms with van der Waals surface area (Å²) in [5, 5.41) is 8.20. The van der Waals surface area contributed by atoms with Crippen LogP contribution in [0.15, 0.2) is 17.5 Å². The second-order valence-electron chi connectivity index (χ2n) is 3.48. The predicted molar refractivity (Wildman–Crippen MR) is 57.7 cm³/mol. The summed E-state index contributed by atoms with van der Waals surface area (Å²) in [6, 6.07) is 4.22. The monoisotopic (exact) mass is 210 g/mol. The Bertz CT molecular complexity index is 291. The molecule has 1 aromatic rings. The molecule has 14 heavy (non-hydrogen) atoms. The zero-order chi connectivity index (χ0) is 9.80. The molecule has 0 saturated carbocycles. The van der Waals surface area contributed by atoms with Crippen molar-refractivity contribution in [3.8, 4) is 0 Å². The van der Waals surface area contributed by atoms with Crippen LogP contribution in [0, 0.1) is 0 Å². The summed E-state index contributed by atoms with van der Waals surface area (Å²) in [5.74, 6) is 0.0497. The molecule has 1 amide bonds. The highest BCUT2D eigenvalue weighted by atomic mass is 32.1. The van der Waals surface area contributed by atoms with E-state index < -0.39 is 0 Å². The van der Waals surface area contributed by atoms with Gasteiger partial charge in [0.15, 0.2) is 0 Å². The summed E-state index contributed by atoms with van der Waals surface area (Å²) in [6.07, 6.45) is 2.39. The standard InChI is InChI=1S/C10H14N2OS/c13-10(9-4-2-6-14-9)12-7-8-3-1-5-11-8/h2,4,6,8,11H,1,3,5,7H2,(H,12,13)/t8-/m0/s1. The maximum Gasteiger partial charge on any atom is 0.261 e. The van der Waals surface area contributed by atoms with E-state index in [2.05, 4.69) is 10.6 Å². The van der Waals surface area contributed by atoms with Gasteiger partial charge in [-0.25, -0.2) is 0 Å². The van der Waals surface area contributed by atoms with E-state index >= 15 is 0 Å². The fourth-order valence-electron chi connectivity index (χ4n) is 1.64. The normalized spacial score (nSPS) is 21.0. The van der Waals surface area contributed by atoms with Crippen LogP contribution in [-0.4, -0.2) is 25.0 Å². The highest BCUT2D eigenvalue weighted by Crippen LogP contribution is 2.08. The van der Waals surface area contributed by atoms with E-state index in [9.17, 15) is 4.79 Å². The number of hydrogen-bond acceptors (Lipinski definition) is 3. The molecule has 0 radical (unpaired) electrons. The minimum Gasteiger partial charge on any atom is -0.350 e. The van der Waals surface area contributed by atoms with Gasteiger partial charge in [0.1, 0.15) is 0 Å². The molecule has 1 atom stereocenters. The molecule has 76 valence electrons. The smallest absolute Gasteiger partial charge is 0.261 e.